The molecule has 2 aromatic rings. The second-order valence-corrected chi connectivity index (χ2v) is 7.99. The average Bonchev–Trinajstić information content (AvgIpc) is 2.75. The van der Waals surface area contributed by atoms with Crippen LogP contribution in [0.5, 0.6) is 0 Å². The zero-order valence-electron chi connectivity index (χ0n) is 13.5. The Morgan fingerprint density at radius 1 is 1.32 bits per heavy atom. The van der Waals surface area contributed by atoms with E-state index in [0.29, 0.717) is 12.0 Å². The van der Waals surface area contributed by atoms with Crippen LogP contribution in [0.2, 0.25) is 0 Å². The molecule has 0 saturated carbocycles. The molecule has 1 heterocycles. The maximum Gasteiger partial charge on any atom is 0.263 e. The van der Waals surface area contributed by atoms with Gasteiger partial charge < -0.3 is 0 Å². The van der Waals surface area contributed by atoms with Crippen molar-refractivity contribution in [3.05, 3.63) is 46.5 Å². The van der Waals surface area contributed by atoms with E-state index < -0.39 is 0 Å². The summed E-state index contributed by atoms with van der Waals surface area (Å²) >= 11 is 1.82. The topological polar surface area (TPSA) is 3.88 Å². The van der Waals surface area contributed by atoms with Crippen LogP contribution in [-0.4, -0.2) is 0 Å². The molecular formula is C20H22NS+. The number of hydrogen-bond donors (Lipinski definition) is 0. The molecule has 0 bridgehead atoms. The van der Waals surface area contributed by atoms with Crippen molar-refractivity contribution in [2.75, 3.05) is 0 Å². The van der Waals surface area contributed by atoms with Crippen molar-refractivity contribution in [1.29, 1.82) is 0 Å². The van der Waals surface area contributed by atoms with Crippen molar-refractivity contribution in [3.63, 3.8) is 0 Å². The van der Waals surface area contributed by atoms with Crippen molar-refractivity contribution in [3.8, 4) is 12.3 Å². The van der Waals surface area contributed by atoms with Crippen LogP contribution in [0.3, 0.4) is 0 Å². The predicted molar refractivity (Wildman–Crippen MR) is 95.6 cm³/mol. The van der Waals surface area contributed by atoms with Gasteiger partial charge in [-0.3, -0.25) is 0 Å². The van der Waals surface area contributed by atoms with Crippen LogP contribution in [0.1, 0.15) is 38.6 Å². The molecule has 0 amide bonds. The number of thiazole rings is 1. The molecule has 0 atom stereocenters. The van der Waals surface area contributed by atoms with Crippen molar-refractivity contribution in [2.45, 2.75) is 40.2 Å². The molecule has 1 aromatic carbocycles. The smallest absolute Gasteiger partial charge is 0.170 e. The van der Waals surface area contributed by atoms with Gasteiger partial charge in [-0.15, -0.1) is 6.42 Å². The summed E-state index contributed by atoms with van der Waals surface area (Å²) in [4.78, 5) is 0. The van der Waals surface area contributed by atoms with E-state index in [1.807, 2.05) is 11.3 Å². The second kappa shape index (κ2) is 5.74. The number of benzene rings is 1. The number of nitrogens with zero attached hydrogens (tertiary/aromatic N) is 1. The largest absolute Gasteiger partial charge is 0.263 e. The summed E-state index contributed by atoms with van der Waals surface area (Å²) in [5.41, 5.74) is 4.45. The van der Waals surface area contributed by atoms with E-state index >= 15 is 0 Å². The average molecular weight is 308 g/mol. The van der Waals surface area contributed by atoms with Crippen LogP contribution in [0, 0.1) is 17.8 Å². The van der Waals surface area contributed by atoms with E-state index in [9.17, 15) is 0 Å². The third-order valence-electron chi connectivity index (χ3n) is 4.07. The fourth-order valence-corrected chi connectivity index (χ4v) is 4.59. The Kier molecular flexibility index (Phi) is 3.93. The van der Waals surface area contributed by atoms with E-state index in [0.717, 1.165) is 6.42 Å². The lowest BCUT2D eigenvalue weighted by Crippen LogP contribution is -2.34. The number of rotatable bonds is 2. The first kappa shape index (κ1) is 15.1. The third-order valence-corrected chi connectivity index (χ3v) is 5.18. The molecule has 112 valence electrons. The molecule has 0 aliphatic heterocycles. The van der Waals surface area contributed by atoms with E-state index in [1.165, 1.54) is 32.8 Å². The van der Waals surface area contributed by atoms with Gasteiger partial charge in [0, 0.05) is 12.1 Å². The van der Waals surface area contributed by atoms with Gasteiger partial charge in [0.15, 0.2) is 0 Å². The van der Waals surface area contributed by atoms with Gasteiger partial charge in [0.05, 0.1) is 0 Å². The molecule has 0 fully saturated rings. The predicted octanol–water partition coefficient (Wildman–Crippen LogP) is 4.97. The first-order valence-electron chi connectivity index (χ1n) is 7.71. The Labute approximate surface area is 137 Å². The number of para-hydroxylation sites is 1. The van der Waals surface area contributed by atoms with Crippen molar-refractivity contribution >= 4 is 27.6 Å². The fourth-order valence-electron chi connectivity index (χ4n) is 3.45. The van der Waals surface area contributed by atoms with Crippen LogP contribution in [0.25, 0.3) is 16.3 Å². The monoisotopic (exact) mass is 308 g/mol. The van der Waals surface area contributed by atoms with E-state index in [2.05, 4.69) is 67.7 Å². The molecule has 3 rings (SSSR count). The van der Waals surface area contributed by atoms with Crippen molar-refractivity contribution in [1.82, 2.24) is 0 Å². The van der Waals surface area contributed by atoms with Gasteiger partial charge in [-0.05, 0) is 42.7 Å². The summed E-state index contributed by atoms with van der Waals surface area (Å²) in [5.74, 6) is 2.79. The van der Waals surface area contributed by atoms with Gasteiger partial charge >= 0.3 is 0 Å². The number of fused-ring (bicyclic) bond motifs is 1. The number of aromatic nitrogens is 1. The summed E-state index contributed by atoms with van der Waals surface area (Å²) in [6.45, 7) is 7.54. The lowest BCUT2D eigenvalue weighted by molar-refractivity contribution is -0.656. The zero-order chi connectivity index (χ0) is 15.7. The number of hydrogen-bond acceptors (Lipinski definition) is 1. The van der Waals surface area contributed by atoms with Gasteiger partial charge in [-0.2, -0.15) is 4.57 Å². The number of terminal acetylenes is 1. The minimum atomic E-state index is 0.346. The maximum absolute atomic E-state index is 5.58. The molecule has 0 spiro atoms. The Morgan fingerprint density at radius 3 is 2.82 bits per heavy atom. The molecule has 2 heteroatoms. The van der Waals surface area contributed by atoms with Crippen LogP contribution in [0.4, 0.5) is 0 Å². The van der Waals surface area contributed by atoms with Crippen LogP contribution >= 0.6 is 11.3 Å². The summed E-state index contributed by atoms with van der Waals surface area (Å²) in [5, 5.41) is 1.25. The minimum absolute atomic E-state index is 0.346. The Balaban J connectivity index is 2.10. The van der Waals surface area contributed by atoms with Gasteiger partial charge in [0.2, 0.25) is 12.1 Å². The van der Waals surface area contributed by atoms with Gasteiger partial charge in [-0.1, -0.05) is 49.0 Å². The first-order valence-corrected chi connectivity index (χ1v) is 8.53. The maximum atomic E-state index is 5.58. The lowest BCUT2D eigenvalue weighted by Gasteiger charge is -2.29. The van der Waals surface area contributed by atoms with Gasteiger partial charge in [0.25, 0.3) is 5.01 Å². The zero-order valence-corrected chi connectivity index (χ0v) is 14.3. The molecule has 1 nitrogen and oxygen atoms in total. The Hall–Kier alpha value is -1.85. The van der Waals surface area contributed by atoms with Gasteiger partial charge in [0.1, 0.15) is 4.70 Å². The lowest BCUT2D eigenvalue weighted by atomic mass is 9.75. The highest BCUT2D eigenvalue weighted by Crippen LogP contribution is 2.38. The van der Waals surface area contributed by atoms with Crippen molar-refractivity contribution < 1.29 is 4.57 Å². The molecule has 0 saturated heterocycles. The molecule has 0 radical (unpaired) electrons. The molecule has 1 aliphatic rings. The molecule has 1 aromatic heterocycles. The highest BCUT2D eigenvalue weighted by Gasteiger charge is 2.25. The first-order chi connectivity index (χ1) is 10.5. The normalized spacial score (nSPS) is 19.2. The van der Waals surface area contributed by atoms with Crippen LogP contribution < -0.4 is 4.57 Å². The van der Waals surface area contributed by atoms with Gasteiger partial charge in [-0.25, -0.2) is 0 Å². The fraction of sp³-hybridized carbons (Fsp3) is 0.350. The Morgan fingerprint density at radius 2 is 2.09 bits per heavy atom. The van der Waals surface area contributed by atoms with E-state index in [1.54, 1.807) is 0 Å². The molecule has 0 unspecified atom stereocenters. The Bertz CT molecular complexity index is 812. The molecule has 1 aliphatic carbocycles. The molecule has 0 N–H and O–H groups in total. The van der Waals surface area contributed by atoms with Crippen molar-refractivity contribution in [2.24, 2.45) is 5.41 Å². The summed E-state index contributed by atoms with van der Waals surface area (Å²) in [6, 6.07) is 8.48. The van der Waals surface area contributed by atoms with E-state index in [4.69, 9.17) is 6.42 Å². The quantitative estimate of drug-likeness (QED) is 0.544. The number of allylic oxidation sites excluding steroid dienone is 3. The molecular weight excluding hydrogens is 286 g/mol. The second-order valence-electron chi connectivity index (χ2n) is 6.93. The third kappa shape index (κ3) is 3.00. The SMILES string of the molecule is C#CC[n+]1c(C=C2C=C(C)CC(C)(C)C2)sc2ccccc21. The molecule has 22 heavy (non-hydrogen) atoms. The summed E-state index contributed by atoms with van der Waals surface area (Å²) in [6.07, 6.45) is 12.5. The highest BCUT2D eigenvalue weighted by atomic mass is 32.1. The standard InChI is InChI=1S/C20H22NS/c1-5-10-21-17-8-6-7-9-18(17)22-19(21)12-16-11-15(2)13-20(3,4)14-16/h1,6-9,11-12H,10,13-14H2,2-4H3/q+1. The highest BCUT2D eigenvalue weighted by molar-refractivity contribution is 7.18. The van der Waals surface area contributed by atoms with Crippen LogP contribution in [0.15, 0.2) is 41.5 Å². The summed E-state index contributed by atoms with van der Waals surface area (Å²) in [7, 11) is 0. The van der Waals surface area contributed by atoms with E-state index in [-0.39, 0.29) is 0 Å². The summed E-state index contributed by atoms with van der Waals surface area (Å²) < 4.78 is 3.54. The minimum Gasteiger partial charge on any atom is -0.170 e. The van der Waals surface area contributed by atoms with Crippen LogP contribution in [-0.2, 0) is 6.54 Å².